The van der Waals surface area contributed by atoms with Crippen molar-refractivity contribution in [2.24, 2.45) is 5.10 Å². The van der Waals surface area contributed by atoms with E-state index in [2.05, 4.69) is 10.5 Å². The molecule has 0 unspecified atom stereocenters. The lowest BCUT2D eigenvalue weighted by Crippen LogP contribution is -2.18. The molecular weight excluding hydrogens is 324 g/mol. The van der Waals surface area contributed by atoms with Gasteiger partial charge in [0.25, 0.3) is 5.91 Å². The van der Waals surface area contributed by atoms with E-state index in [0.29, 0.717) is 22.1 Å². The van der Waals surface area contributed by atoms with Crippen molar-refractivity contribution >= 4 is 23.7 Å². The van der Waals surface area contributed by atoms with Gasteiger partial charge in [0.2, 0.25) is 0 Å². The molecule has 2 aromatic carbocycles. The Morgan fingerprint density at radius 2 is 1.83 bits per heavy atom. The molecule has 0 saturated carbocycles. The van der Waals surface area contributed by atoms with E-state index in [1.807, 2.05) is 43.3 Å². The van der Waals surface area contributed by atoms with Crippen molar-refractivity contribution in [2.75, 3.05) is 0 Å². The SMILES string of the molecule is Cc1ccccc1C(=O)N/N=C\c1ccc(-c2ccc(Cl)cc2)o1. The Kier molecular flexibility index (Phi) is 4.77. The summed E-state index contributed by atoms with van der Waals surface area (Å²) in [5.41, 5.74) is 4.91. The number of nitrogens with zero attached hydrogens (tertiary/aromatic N) is 1. The van der Waals surface area contributed by atoms with Gasteiger partial charge >= 0.3 is 0 Å². The second-order valence-corrected chi connectivity index (χ2v) is 5.66. The summed E-state index contributed by atoms with van der Waals surface area (Å²) >= 11 is 5.87. The van der Waals surface area contributed by atoms with Crippen molar-refractivity contribution in [3.63, 3.8) is 0 Å². The molecule has 0 saturated heterocycles. The van der Waals surface area contributed by atoms with Gasteiger partial charge in [-0.25, -0.2) is 5.43 Å². The van der Waals surface area contributed by atoms with Gasteiger partial charge in [0.1, 0.15) is 11.5 Å². The van der Waals surface area contributed by atoms with Gasteiger partial charge in [-0.15, -0.1) is 0 Å². The van der Waals surface area contributed by atoms with Crippen LogP contribution in [0.4, 0.5) is 0 Å². The lowest BCUT2D eigenvalue weighted by atomic mass is 10.1. The number of nitrogens with one attached hydrogen (secondary N) is 1. The smallest absolute Gasteiger partial charge is 0.271 e. The number of carbonyl (C=O) groups is 1. The Balaban J connectivity index is 1.66. The highest BCUT2D eigenvalue weighted by atomic mass is 35.5. The molecule has 1 N–H and O–H groups in total. The van der Waals surface area contributed by atoms with Crippen LogP contribution in [0.2, 0.25) is 5.02 Å². The minimum absolute atomic E-state index is 0.256. The Hall–Kier alpha value is -2.85. The van der Waals surface area contributed by atoms with Gasteiger partial charge in [0.05, 0.1) is 6.21 Å². The fraction of sp³-hybridized carbons (Fsp3) is 0.0526. The zero-order chi connectivity index (χ0) is 16.9. The van der Waals surface area contributed by atoms with E-state index in [1.54, 1.807) is 24.3 Å². The van der Waals surface area contributed by atoms with Crippen LogP contribution in [0.15, 0.2) is 70.2 Å². The Bertz CT molecular complexity index is 882. The average Bonchev–Trinajstić information content (AvgIpc) is 3.04. The van der Waals surface area contributed by atoms with Crippen molar-refractivity contribution in [3.8, 4) is 11.3 Å². The quantitative estimate of drug-likeness (QED) is 0.555. The molecule has 4 nitrogen and oxygen atoms in total. The molecule has 0 fully saturated rings. The van der Waals surface area contributed by atoms with Crippen molar-refractivity contribution in [1.82, 2.24) is 5.43 Å². The van der Waals surface area contributed by atoms with Crippen LogP contribution >= 0.6 is 11.6 Å². The van der Waals surface area contributed by atoms with Gasteiger partial charge in [-0.05, 0) is 55.0 Å². The molecule has 120 valence electrons. The third-order valence-corrected chi connectivity index (χ3v) is 3.76. The largest absolute Gasteiger partial charge is 0.455 e. The monoisotopic (exact) mass is 338 g/mol. The molecule has 1 amide bonds. The third kappa shape index (κ3) is 3.73. The molecule has 0 bridgehead atoms. The minimum Gasteiger partial charge on any atom is -0.455 e. The average molecular weight is 339 g/mol. The predicted molar refractivity (Wildman–Crippen MR) is 95.4 cm³/mol. The summed E-state index contributed by atoms with van der Waals surface area (Å²) in [6.45, 7) is 1.88. The highest BCUT2D eigenvalue weighted by molar-refractivity contribution is 6.30. The highest BCUT2D eigenvalue weighted by Gasteiger charge is 2.07. The summed E-state index contributed by atoms with van der Waals surface area (Å²) in [5.74, 6) is 0.997. The Morgan fingerprint density at radius 1 is 1.08 bits per heavy atom. The number of hydrogen-bond donors (Lipinski definition) is 1. The predicted octanol–water partition coefficient (Wildman–Crippen LogP) is 4.67. The van der Waals surface area contributed by atoms with Crippen LogP contribution in [-0.2, 0) is 0 Å². The number of hydrogen-bond acceptors (Lipinski definition) is 3. The molecule has 3 rings (SSSR count). The van der Waals surface area contributed by atoms with Gasteiger partial charge in [0, 0.05) is 16.1 Å². The zero-order valence-electron chi connectivity index (χ0n) is 13.0. The molecule has 0 aliphatic rings. The molecule has 0 aliphatic carbocycles. The molecular formula is C19H15ClN2O2. The van der Waals surface area contributed by atoms with E-state index in [1.165, 1.54) is 6.21 Å². The van der Waals surface area contributed by atoms with Gasteiger partial charge < -0.3 is 4.42 Å². The summed E-state index contributed by atoms with van der Waals surface area (Å²) in [5, 5.41) is 4.61. The maximum Gasteiger partial charge on any atom is 0.271 e. The number of amides is 1. The fourth-order valence-corrected chi connectivity index (χ4v) is 2.36. The summed E-state index contributed by atoms with van der Waals surface area (Å²) in [4.78, 5) is 12.0. The number of aryl methyl sites for hydroxylation is 1. The second kappa shape index (κ2) is 7.15. The second-order valence-electron chi connectivity index (χ2n) is 5.22. The zero-order valence-corrected chi connectivity index (χ0v) is 13.7. The molecule has 1 aromatic heterocycles. The van der Waals surface area contributed by atoms with E-state index in [-0.39, 0.29) is 5.91 Å². The Labute approximate surface area is 144 Å². The Morgan fingerprint density at radius 3 is 2.58 bits per heavy atom. The van der Waals surface area contributed by atoms with Crippen LogP contribution in [0.25, 0.3) is 11.3 Å². The maximum atomic E-state index is 12.0. The van der Waals surface area contributed by atoms with Crippen LogP contribution in [0, 0.1) is 6.92 Å². The molecule has 24 heavy (non-hydrogen) atoms. The number of benzene rings is 2. The number of halogens is 1. The first-order valence-corrected chi connectivity index (χ1v) is 7.76. The van der Waals surface area contributed by atoms with Crippen molar-refractivity contribution in [2.45, 2.75) is 6.92 Å². The number of furan rings is 1. The molecule has 0 radical (unpaired) electrons. The first-order valence-electron chi connectivity index (χ1n) is 7.38. The van der Waals surface area contributed by atoms with Crippen molar-refractivity contribution in [3.05, 3.63) is 82.6 Å². The lowest BCUT2D eigenvalue weighted by molar-refractivity contribution is 0.0954. The fourth-order valence-electron chi connectivity index (χ4n) is 2.23. The normalized spacial score (nSPS) is 10.9. The minimum atomic E-state index is -0.256. The molecule has 0 aliphatic heterocycles. The standard InChI is InChI=1S/C19H15ClN2O2/c1-13-4-2-3-5-17(13)19(23)22-21-12-16-10-11-18(24-16)14-6-8-15(20)9-7-14/h2-12H,1H3,(H,22,23)/b21-12-. The molecule has 0 spiro atoms. The number of carbonyl (C=O) groups excluding carboxylic acids is 1. The molecule has 1 heterocycles. The van der Waals surface area contributed by atoms with Crippen LogP contribution in [0.3, 0.4) is 0 Å². The summed E-state index contributed by atoms with van der Waals surface area (Å²) in [6.07, 6.45) is 1.47. The van der Waals surface area contributed by atoms with Crippen LogP contribution in [-0.4, -0.2) is 12.1 Å². The first-order chi connectivity index (χ1) is 11.6. The van der Waals surface area contributed by atoms with E-state index < -0.39 is 0 Å². The van der Waals surface area contributed by atoms with Gasteiger partial charge in [-0.3, -0.25) is 4.79 Å². The van der Waals surface area contributed by atoms with Gasteiger partial charge in [-0.1, -0.05) is 29.8 Å². The van der Waals surface area contributed by atoms with Crippen LogP contribution in [0.1, 0.15) is 21.7 Å². The van der Waals surface area contributed by atoms with Gasteiger partial charge in [0.15, 0.2) is 0 Å². The summed E-state index contributed by atoms with van der Waals surface area (Å²) < 4.78 is 5.68. The first kappa shape index (κ1) is 16.0. The van der Waals surface area contributed by atoms with E-state index in [4.69, 9.17) is 16.0 Å². The summed E-state index contributed by atoms with van der Waals surface area (Å²) in [7, 11) is 0. The third-order valence-electron chi connectivity index (χ3n) is 3.50. The lowest BCUT2D eigenvalue weighted by Gasteiger charge is -2.02. The summed E-state index contributed by atoms with van der Waals surface area (Å²) in [6, 6.07) is 18.3. The van der Waals surface area contributed by atoms with E-state index in [9.17, 15) is 4.79 Å². The van der Waals surface area contributed by atoms with Crippen molar-refractivity contribution in [1.29, 1.82) is 0 Å². The van der Waals surface area contributed by atoms with Crippen molar-refractivity contribution < 1.29 is 9.21 Å². The number of hydrazone groups is 1. The van der Waals surface area contributed by atoms with E-state index in [0.717, 1.165) is 11.1 Å². The van der Waals surface area contributed by atoms with Crippen LogP contribution in [0.5, 0.6) is 0 Å². The maximum absolute atomic E-state index is 12.0. The van der Waals surface area contributed by atoms with E-state index >= 15 is 0 Å². The van der Waals surface area contributed by atoms with Gasteiger partial charge in [-0.2, -0.15) is 5.10 Å². The topological polar surface area (TPSA) is 54.6 Å². The highest BCUT2D eigenvalue weighted by Crippen LogP contribution is 2.23. The molecule has 3 aromatic rings. The number of rotatable bonds is 4. The van der Waals surface area contributed by atoms with Crippen LogP contribution < -0.4 is 5.43 Å². The molecule has 5 heteroatoms. The molecule has 0 atom stereocenters.